The molecular formula is C9H15ClO. The first-order chi connectivity index (χ1) is 5.33. The summed E-state index contributed by atoms with van der Waals surface area (Å²) in [5.41, 5.74) is 0. The fourth-order valence-electron chi connectivity index (χ4n) is 1.34. The summed E-state index contributed by atoms with van der Waals surface area (Å²) in [7, 11) is 0. The third-order valence-corrected chi connectivity index (χ3v) is 2.39. The van der Waals surface area contributed by atoms with Crippen molar-refractivity contribution < 1.29 is 4.74 Å². The molecule has 1 saturated heterocycles. The second-order valence-electron chi connectivity index (χ2n) is 2.98. The summed E-state index contributed by atoms with van der Waals surface area (Å²) in [6, 6.07) is 0. The molecule has 0 saturated carbocycles. The lowest BCUT2D eigenvalue weighted by Gasteiger charge is -2.25. The van der Waals surface area contributed by atoms with Crippen LogP contribution in [0.4, 0.5) is 0 Å². The van der Waals surface area contributed by atoms with Gasteiger partial charge < -0.3 is 4.74 Å². The second-order valence-corrected chi connectivity index (χ2v) is 3.60. The van der Waals surface area contributed by atoms with E-state index in [1.165, 1.54) is 0 Å². The Morgan fingerprint density at radius 3 is 3.09 bits per heavy atom. The van der Waals surface area contributed by atoms with E-state index < -0.39 is 0 Å². The minimum atomic E-state index is 0.332. The maximum absolute atomic E-state index is 5.98. The first-order valence-corrected chi connectivity index (χ1v) is 4.63. The van der Waals surface area contributed by atoms with Crippen molar-refractivity contribution in [2.75, 3.05) is 6.61 Å². The molecule has 64 valence electrons. The van der Waals surface area contributed by atoms with Crippen LogP contribution in [0.5, 0.6) is 0 Å². The number of alkyl halides is 1. The predicted octanol–water partition coefficient (Wildman–Crippen LogP) is 2.74. The topological polar surface area (TPSA) is 9.23 Å². The molecule has 2 heteroatoms. The van der Waals surface area contributed by atoms with Gasteiger partial charge in [-0.05, 0) is 25.7 Å². The van der Waals surface area contributed by atoms with Crippen LogP contribution in [0.3, 0.4) is 0 Å². The molecule has 0 radical (unpaired) electrons. The second kappa shape index (κ2) is 4.78. The number of allylic oxidation sites excluding steroid dienone is 1. The zero-order valence-corrected chi connectivity index (χ0v) is 7.52. The van der Waals surface area contributed by atoms with Gasteiger partial charge in [0.2, 0.25) is 0 Å². The minimum absolute atomic E-state index is 0.332. The van der Waals surface area contributed by atoms with Crippen molar-refractivity contribution >= 4 is 11.6 Å². The van der Waals surface area contributed by atoms with Gasteiger partial charge in [0, 0.05) is 12.0 Å². The molecule has 0 bridgehead atoms. The van der Waals surface area contributed by atoms with Gasteiger partial charge in [-0.15, -0.1) is 18.2 Å². The summed E-state index contributed by atoms with van der Waals surface area (Å²) < 4.78 is 5.52. The molecule has 0 aliphatic carbocycles. The summed E-state index contributed by atoms with van der Waals surface area (Å²) in [4.78, 5) is 0. The largest absolute Gasteiger partial charge is 0.378 e. The summed E-state index contributed by atoms with van der Waals surface area (Å²) in [5.74, 6) is 0. The molecule has 1 aliphatic rings. The minimum Gasteiger partial charge on any atom is -0.378 e. The molecule has 11 heavy (non-hydrogen) atoms. The van der Waals surface area contributed by atoms with Crippen LogP contribution in [0.1, 0.15) is 25.7 Å². The highest BCUT2D eigenvalue weighted by Gasteiger charge is 2.19. The zero-order chi connectivity index (χ0) is 8.10. The van der Waals surface area contributed by atoms with Crippen LogP contribution in [0.15, 0.2) is 12.7 Å². The van der Waals surface area contributed by atoms with Crippen molar-refractivity contribution in [3.63, 3.8) is 0 Å². The van der Waals surface area contributed by atoms with Gasteiger partial charge in [-0.1, -0.05) is 6.08 Å². The molecule has 1 rings (SSSR count). The van der Waals surface area contributed by atoms with Gasteiger partial charge in [0.1, 0.15) is 0 Å². The summed E-state index contributed by atoms with van der Waals surface area (Å²) in [6.07, 6.45) is 6.44. The molecule has 1 aliphatic heterocycles. The average Bonchev–Trinajstić information content (AvgIpc) is 2.01. The van der Waals surface area contributed by atoms with Crippen LogP contribution >= 0.6 is 11.6 Å². The molecule has 2 unspecified atom stereocenters. The van der Waals surface area contributed by atoms with Gasteiger partial charge >= 0.3 is 0 Å². The molecule has 0 spiro atoms. The Bertz CT molecular complexity index is 125. The lowest BCUT2D eigenvalue weighted by Crippen LogP contribution is -2.25. The van der Waals surface area contributed by atoms with E-state index in [4.69, 9.17) is 16.3 Å². The summed E-state index contributed by atoms with van der Waals surface area (Å²) >= 11 is 5.98. The summed E-state index contributed by atoms with van der Waals surface area (Å²) in [5, 5.41) is 0.332. The van der Waals surface area contributed by atoms with Crippen LogP contribution in [-0.4, -0.2) is 18.1 Å². The Morgan fingerprint density at radius 1 is 1.64 bits per heavy atom. The van der Waals surface area contributed by atoms with Crippen LogP contribution in [-0.2, 0) is 4.74 Å². The Labute approximate surface area is 73.4 Å². The van der Waals surface area contributed by atoms with Crippen molar-refractivity contribution in [1.82, 2.24) is 0 Å². The quantitative estimate of drug-likeness (QED) is 0.472. The fourth-order valence-corrected chi connectivity index (χ4v) is 1.63. The first-order valence-electron chi connectivity index (χ1n) is 4.19. The van der Waals surface area contributed by atoms with Crippen molar-refractivity contribution in [2.24, 2.45) is 0 Å². The number of hydrogen-bond acceptors (Lipinski definition) is 1. The SMILES string of the molecule is C=CCCC1CC(Cl)CCO1. The predicted molar refractivity (Wildman–Crippen MR) is 48.0 cm³/mol. The molecule has 0 aromatic rings. The molecule has 1 nitrogen and oxygen atoms in total. The zero-order valence-electron chi connectivity index (χ0n) is 6.76. The Kier molecular flexibility index (Phi) is 3.95. The maximum Gasteiger partial charge on any atom is 0.0592 e. The van der Waals surface area contributed by atoms with Crippen LogP contribution in [0.25, 0.3) is 0 Å². The van der Waals surface area contributed by atoms with Gasteiger partial charge in [-0.2, -0.15) is 0 Å². The monoisotopic (exact) mass is 174 g/mol. The lowest BCUT2D eigenvalue weighted by atomic mass is 10.0. The Hall–Kier alpha value is -0.0100. The maximum atomic E-state index is 5.98. The third-order valence-electron chi connectivity index (χ3n) is 2.00. The first kappa shape index (κ1) is 9.08. The molecule has 0 aromatic heterocycles. The molecule has 0 N–H and O–H groups in total. The normalized spacial score (nSPS) is 31.7. The average molecular weight is 175 g/mol. The van der Waals surface area contributed by atoms with Gasteiger partial charge in [0.15, 0.2) is 0 Å². The van der Waals surface area contributed by atoms with Crippen molar-refractivity contribution in [1.29, 1.82) is 0 Å². The number of halogens is 1. The summed E-state index contributed by atoms with van der Waals surface area (Å²) in [6.45, 7) is 4.50. The van der Waals surface area contributed by atoms with Gasteiger partial charge in [-0.3, -0.25) is 0 Å². The van der Waals surface area contributed by atoms with E-state index >= 15 is 0 Å². The number of hydrogen-bond donors (Lipinski definition) is 0. The van der Waals surface area contributed by atoms with Crippen molar-refractivity contribution in [2.45, 2.75) is 37.2 Å². The van der Waals surface area contributed by atoms with Crippen molar-refractivity contribution in [3.8, 4) is 0 Å². The standard InChI is InChI=1S/C9H15ClO/c1-2-3-4-9-7-8(10)5-6-11-9/h2,8-9H,1,3-7H2. The number of rotatable bonds is 3. The van der Waals surface area contributed by atoms with E-state index in [1.807, 2.05) is 6.08 Å². The number of ether oxygens (including phenoxy) is 1. The van der Waals surface area contributed by atoms with E-state index in [-0.39, 0.29) is 0 Å². The van der Waals surface area contributed by atoms with E-state index in [1.54, 1.807) is 0 Å². The molecule has 0 aromatic carbocycles. The smallest absolute Gasteiger partial charge is 0.0592 e. The fraction of sp³-hybridized carbons (Fsp3) is 0.778. The molecule has 0 amide bonds. The Balaban J connectivity index is 2.17. The van der Waals surface area contributed by atoms with Crippen molar-refractivity contribution in [3.05, 3.63) is 12.7 Å². The van der Waals surface area contributed by atoms with Crippen LogP contribution < -0.4 is 0 Å². The third kappa shape index (κ3) is 3.26. The lowest BCUT2D eigenvalue weighted by molar-refractivity contribution is 0.0138. The van der Waals surface area contributed by atoms with Gasteiger partial charge in [-0.25, -0.2) is 0 Å². The molecule has 1 fully saturated rings. The Morgan fingerprint density at radius 2 is 2.45 bits per heavy atom. The highest BCUT2D eigenvalue weighted by Crippen LogP contribution is 2.21. The highest BCUT2D eigenvalue weighted by atomic mass is 35.5. The highest BCUT2D eigenvalue weighted by molar-refractivity contribution is 6.20. The van der Waals surface area contributed by atoms with Crippen LogP contribution in [0.2, 0.25) is 0 Å². The molecule has 2 atom stereocenters. The van der Waals surface area contributed by atoms with E-state index in [2.05, 4.69) is 6.58 Å². The van der Waals surface area contributed by atoms with E-state index in [0.29, 0.717) is 11.5 Å². The van der Waals surface area contributed by atoms with Gasteiger partial charge in [0.05, 0.1) is 6.10 Å². The molecular weight excluding hydrogens is 160 g/mol. The van der Waals surface area contributed by atoms with E-state index in [0.717, 1.165) is 32.3 Å². The van der Waals surface area contributed by atoms with E-state index in [9.17, 15) is 0 Å². The van der Waals surface area contributed by atoms with Crippen LogP contribution in [0, 0.1) is 0 Å². The van der Waals surface area contributed by atoms with Gasteiger partial charge in [0.25, 0.3) is 0 Å². The molecule has 1 heterocycles.